The number of rotatable bonds is 6. The molecule has 5 rings (SSSR count). The first-order valence-corrected chi connectivity index (χ1v) is 14.0. The van der Waals surface area contributed by atoms with Gasteiger partial charge in [0.25, 0.3) is 11.5 Å². The number of hydrogen-bond donors (Lipinski definition) is 1. The zero-order valence-corrected chi connectivity index (χ0v) is 23.9. The van der Waals surface area contributed by atoms with Crippen LogP contribution in [0.3, 0.4) is 0 Å². The molecule has 1 N–H and O–H groups in total. The van der Waals surface area contributed by atoms with Crippen LogP contribution in [0.25, 0.3) is 5.57 Å². The molecular weight excluding hydrogens is 594 g/mol. The second-order valence-electron chi connectivity index (χ2n) is 8.64. The van der Waals surface area contributed by atoms with Crippen LogP contribution in [0.1, 0.15) is 43.9 Å². The molecule has 11 heteroatoms. The fourth-order valence-corrected chi connectivity index (χ4v) is 6.42. The Balaban J connectivity index is 1.89. The number of nitrogens with one attached hydrogen (secondary N) is 1. The van der Waals surface area contributed by atoms with Gasteiger partial charge in [0.05, 0.1) is 30.6 Å². The Morgan fingerprint density at radius 3 is 2.71 bits per heavy atom. The van der Waals surface area contributed by atoms with Crippen LogP contribution >= 0.6 is 38.9 Å². The topological polar surface area (TPSA) is 99.0 Å². The summed E-state index contributed by atoms with van der Waals surface area (Å²) in [7, 11) is 1.53. The first kappa shape index (κ1) is 26.4. The van der Waals surface area contributed by atoms with Gasteiger partial charge in [-0.3, -0.25) is 14.2 Å². The van der Waals surface area contributed by atoms with E-state index in [1.807, 2.05) is 19.1 Å². The first-order valence-electron chi connectivity index (χ1n) is 12.0. The number of carbonyl (C=O) groups excluding carboxylic acids is 2. The molecule has 1 amide bonds. The predicted molar refractivity (Wildman–Crippen MR) is 149 cm³/mol. The minimum Gasteiger partial charge on any atom is -0.496 e. The average Bonchev–Trinajstić information content (AvgIpc) is 3.38. The molecule has 0 saturated heterocycles. The second kappa shape index (κ2) is 10.5. The maximum Gasteiger partial charge on any atom is 0.338 e. The number of methoxy groups -OCH3 is 1. The summed E-state index contributed by atoms with van der Waals surface area (Å²) < 4.78 is 13.5. The fourth-order valence-electron chi connectivity index (χ4n) is 4.75. The molecule has 196 valence electrons. The van der Waals surface area contributed by atoms with Gasteiger partial charge in [0.2, 0.25) is 0 Å². The van der Waals surface area contributed by atoms with Crippen LogP contribution < -0.4 is 24.9 Å². The number of amides is 1. The highest BCUT2D eigenvalue weighted by atomic mass is 79.9. The highest BCUT2D eigenvalue weighted by Crippen LogP contribution is 2.38. The third-order valence-electron chi connectivity index (χ3n) is 6.31. The molecule has 0 aliphatic carbocycles. The molecule has 3 aromatic rings. The Hall–Kier alpha value is -3.21. The molecule has 0 spiro atoms. The second-order valence-corrected chi connectivity index (χ2v) is 11.0. The number of halogens is 2. The zero-order valence-electron chi connectivity index (χ0n) is 20.8. The Labute approximate surface area is 235 Å². The van der Waals surface area contributed by atoms with E-state index < -0.39 is 23.5 Å². The van der Waals surface area contributed by atoms with Gasteiger partial charge < -0.3 is 14.8 Å². The van der Waals surface area contributed by atoms with Gasteiger partial charge in [0.15, 0.2) is 4.80 Å². The summed E-state index contributed by atoms with van der Waals surface area (Å²) in [4.78, 5) is 45.7. The number of ether oxygens (including phenoxy) is 2. The quantitative estimate of drug-likeness (QED) is 0.416. The third-order valence-corrected chi connectivity index (χ3v) is 8.09. The molecule has 0 saturated carbocycles. The molecular formula is C27H23BrClN3O5S. The minimum absolute atomic E-state index is 0.163. The molecule has 2 aliphatic rings. The predicted octanol–water partition coefficient (Wildman–Crippen LogP) is 4.33. The molecule has 3 heterocycles. The fraction of sp³-hybridized carbons (Fsp3) is 0.259. The van der Waals surface area contributed by atoms with Crippen LogP contribution in [0.15, 0.2) is 61.9 Å². The molecule has 2 aromatic carbocycles. The van der Waals surface area contributed by atoms with Gasteiger partial charge in [-0.05, 0) is 49.7 Å². The molecule has 0 radical (unpaired) electrons. The lowest BCUT2D eigenvalue weighted by molar-refractivity contribution is -0.139. The number of nitrogens with zero attached hydrogens (tertiary/aromatic N) is 2. The van der Waals surface area contributed by atoms with Crippen LogP contribution in [0.5, 0.6) is 5.75 Å². The third kappa shape index (κ3) is 4.40. The van der Waals surface area contributed by atoms with Gasteiger partial charge in [-0.15, -0.1) is 0 Å². The number of fused-ring (bicyclic) bond motifs is 2. The number of aromatic nitrogens is 1. The monoisotopic (exact) mass is 615 g/mol. The summed E-state index contributed by atoms with van der Waals surface area (Å²) in [5.74, 6) is -0.463. The summed E-state index contributed by atoms with van der Waals surface area (Å²) in [5, 5.41) is 3.25. The maximum atomic E-state index is 14.2. The van der Waals surface area contributed by atoms with Crippen molar-refractivity contribution in [2.24, 2.45) is 4.99 Å². The van der Waals surface area contributed by atoms with Crippen LogP contribution in [-0.2, 0) is 14.3 Å². The van der Waals surface area contributed by atoms with Crippen molar-refractivity contribution in [2.45, 2.75) is 32.7 Å². The van der Waals surface area contributed by atoms with Gasteiger partial charge in [-0.2, -0.15) is 0 Å². The maximum absolute atomic E-state index is 14.2. The Bertz CT molecular complexity index is 1710. The Morgan fingerprint density at radius 2 is 2.00 bits per heavy atom. The molecule has 2 aliphatic heterocycles. The number of thiazole rings is 1. The molecule has 1 aromatic heterocycles. The number of anilines is 1. The summed E-state index contributed by atoms with van der Waals surface area (Å²) in [5.41, 5.74) is 2.29. The van der Waals surface area contributed by atoms with Crippen LogP contribution in [0.2, 0.25) is 5.02 Å². The first-order chi connectivity index (χ1) is 18.3. The molecule has 0 bridgehead atoms. The summed E-state index contributed by atoms with van der Waals surface area (Å²) in [6.07, 6.45) is 1.22. The van der Waals surface area contributed by atoms with Crippen LogP contribution in [0, 0.1) is 0 Å². The number of hydrogen-bond acceptors (Lipinski definition) is 7. The Morgan fingerprint density at radius 1 is 1.21 bits per heavy atom. The number of carbonyl (C=O) groups is 2. The van der Waals surface area contributed by atoms with Crippen LogP contribution in [-0.4, -0.2) is 30.2 Å². The summed E-state index contributed by atoms with van der Waals surface area (Å²) >= 11 is 10.8. The van der Waals surface area contributed by atoms with Crippen molar-refractivity contribution in [3.05, 3.63) is 88.0 Å². The van der Waals surface area contributed by atoms with Crippen LogP contribution in [0.4, 0.5) is 5.69 Å². The van der Waals surface area contributed by atoms with E-state index in [1.165, 1.54) is 11.7 Å². The highest BCUT2D eigenvalue weighted by molar-refractivity contribution is 9.10. The normalized spacial score (nSPS) is 17.5. The average molecular weight is 617 g/mol. The van der Waals surface area contributed by atoms with Crippen molar-refractivity contribution in [2.75, 3.05) is 19.0 Å². The lowest BCUT2D eigenvalue weighted by Crippen LogP contribution is -2.41. The van der Waals surface area contributed by atoms with Gasteiger partial charge in [0, 0.05) is 26.3 Å². The molecule has 8 nitrogen and oxygen atoms in total. The summed E-state index contributed by atoms with van der Waals surface area (Å²) in [6.45, 7) is 3.88. The van der Waals surface area contributed by atoms with Crippen molar-refractivity contribution >= 4 is 62.0 Å². The number of allylic oxidation sites excluding steroid dienone is 1. The molecule has 0 fully saturated rings. The van der Waals surface area contributed by atoms with Gasteiger partial charge in [-0.1, -0.05) is 52.2 Å². The highest BCUT2D eigenvalue weighted by Gasteiger charge is 2.37. The molecule has 38 heavy (non-hydrogen) atoms. The molecule has 1 atom stereocenters. The van der Waals surface area contributed by atoms with Gasteiger partial charge >= 0.3 is 5.97 Å². The van der Waals surface area contributed by atoms with E-state index >= 15 is 0 Å². The zero-order chi connectivity index (χ0) is 27.1. The number of esters is 1. The largest absolute Gasteiger partial charge is 0.496 e. The van der Waals surface area contributed by atoms with E-state index in [4.69, 9.17) is 26.1 Å². The lowest BCUT2D eigenvalue weighted by Gasteiger charge is -2.27. The van der Waals surface area contributed by atoms with E-state index in [-0.39, 0.29) is 22.3 Å². The Kier molecular flexibility index (Phi) is 7.30. The van der Waals surface area contributed by atoms with E-state index in [0.29, 0.717) is 44.5 Å². The smallest absolute Gasteiger partial charge is 0.338 e. The number of benzene rings is 2. The van der Waals surface area contributed by atoms with Crippen molar-refractivity contribution in [3.63, 3.8) is 0 Å². The van der Waals surface area contributed by atoms with E-state index in [9.17, 15) is 14.4 Å². The standard InChI is InChI=1S/C27H23BrClN3O5S/c1-4-6-18-21(26(35)37-5-2)22(16-11-13(28)7-10-19(16)36-3)32-25(34)23(38-27(32)31-18)20-15-12-14(29)8-9-17(15)30-24(20)33/h7-12,22H,4-6H2,1-3H3,(H,30,33)/b23-20+/t22-/m0/s1. The van der Waals surface area contributed by atoms with Crippen molar-refractivity contribution in [3.8, 4) is 5.75 Å². The summed E-state index contributed by atoms with van der Waals surface area (Å²) in [6, 6.07) is 9.55. The van der Waals surface area contributed by atoms with E-state index in [0.717, 1.165) is 22.2 Å². The van der Waals surface area contributed by atoms with Crippen molar-refractivity contribution in [1.29, 1.82) is 0 Å². The lowest BCUT2D eigenvalue weighted by atomic mass is 9.93. The van der Waals surface area contributed by atoms with Gasteiger partial charge in [0.1, 0.15) is 16.3 Å². The minimum atomic E-state index is -0.878. The van der Waals surface area contributed by atoms with E-state index in [2.05, 4.69) is 21.2 Å². The SMILES string of the molecule is CCCC1=C(C(=O)OCC)[C@H](c2cc(Br)ccc2OC)n2c(s/c(=C3/C(=O)Nc4ccc(Cl)cc43)c2=O)=N1. The molecule has 0 unspecified atom stereocenters. The van der Waals surface area contributed by atoms with Gasteiger partial charge in [-0.25, -0.2) is 9.79 Å². The van der Waals surface area contributed by atoms with Crippen molar-refractivity contribution < 1.29 is 19.1 Å². The van der Waals surface area contributed by atoms with Crippen molar-refractivity contribution in [1.82, 2.24) is 4.57 Å². The van der Waals surface area contributed by atoms with E-state index in [1.54, 1.807) is 31.2 Å².